The number of benzene rings is 2. The molecule has 0 spiro atoms. The summed E-state index contributed by atoms with van der Waals surface area (Å²) in [4.78, 5) is 8.28. The number of aliphatic imine (C=N–C) groups is 1. The highest BCUT2D eigenvalue weighted by Crippen LogP contribution is 2.38. The van der Waals surface area contributed by atoms with E-state index < -0.39 is 0 Å². The fourth-order valence-corrected chi connectivity index (χ4v) is 2.55. The lowest BCUT2D eigenvalue weighted by Gasteiger charge is -2.21. The first-order valence-electron chi connectivity index (χ1n) is 7.15. The minimum Gasteiger partial charge on any atom is -0.366 e. The minimum absolute atomic E-state index is 0.547. The van der Waals surface area contributed by atoms with E-state index in [-0.39, 0.29) is 0 Å². The molecule has 0 N–H and O–H groups in total. The lowest BCUT2D eigenvalue weighted by atomic mass is 10.2. The second-order valence-electron chi connectivity index (χ2n) is 5.11. The molecule has 0 aliphatic carbocycles. The van der Waals surface area contributed by atoms with Gasteiger partial charge in [0.1, 0.15) is 0 Å². The van der Waals surface area contributed by atoms with Gasteiger partial charge in [0, 0.05) is 31.4 Å². The Morgan fingerprint density at radius 1 is 1.00 bits per heavy atom. The molecule has 2 aromatic carbocycles. The Kier molecular flexibility index (Phi) is 6.17. The molecule has 0 saturated carbocycles. The molecule has 23 heavy (non-hydrogen) atoms. The van der Waals surface area contributed by atoms with Gasteiger partial charge in [0.15, 0.2) is 0 Å². The summed E-state index contributed by atoms with van der Waals surface area (Å²) in [5.74, 6) is 0. The maximum absolute atomic E-state index is 6.41. The molecule has 0 saturated heterocycles. The van der Waals surface area contributed by atoms with Crippen molar-refractivity contribution >= 4 is 58.2 Å². The predicted molar refractivity (Wildman–Crippen MR) is 102 cm³/mol. The number of halogens is 3. The van der Waals surface area contributed by atoms with E-state index in [1.54, 1.807) is 12.4 Å². The molecular formula is C17H18Cl3N3. The van der Waals surface area contributed by atoms with E-state index in [2.05, 4.69) is 4.99 Å². The molecule has 0 amide bonds. The average molecular weight is 371 g/mol. The number of rotatable bonds is 5. The molecule has 122 valence electrons. The van der Waals surface area contributed by atoms with Crippen molar-refractivity contribution in [1.29, 1.82) is 0 Å². The lowest BCUT2D eigenvalue weighted by molar-refractivity contribution is 0.552. The zero-order valence-electron chi connectivity index (χ0n) is 13.2. The van der Waals surface area contributed by atoms with Crippen LogP contribution in [0, 0.1) is 0 Å². The Hall–Kier alpha value is -1.42. The van der Waals surface area contributed by atoms with Crippen molar-refractivity contribution in [2.24, 2.45) is 4.99 Å². The van der Waals surface area contributed by atoms with Crippen molar-refractivity contribution in [2.45, 2.75) is 6.92 Å². The van der Waals surface area contributed by atoms with Gasteiger partial charge in [-0.3, -0.25) is 0 Å². The van der Waals surface area contributed by atoms with Crippen LogP contribution in [0.3, 0.4) is 0 Å². The van der Waals surface area contributed by atoms with E-state index in [4.69, 9.17) is 34.8 Å². The molecule has 0 unspecified atom stereocenters. The molecule has 0 atom stereocenters. The van der Waals surface area contributed by atoms with Crippen LogP contribution >= 0.6 is 34.8 Å². The third-order valence-corrected chi connectivity index (χ3v) is 4.34. The average Bonchev–Trinajstić information content (AvgIpc) is 2.55. The van der Waals surface area contributed by atoms with Crippen molar-refractivity contribution in [2.75, 3.05) is 25.5 Å². The van der Waals surface area contributed by atoms with Crippen LogP contribution in [0.15, 0.2) is 41.4 Å². The molecule has 0 radical (unpaired) electrons. The van der Waals surface area contributed by atoms with Gasteiger partial charge in [-0.15, -0.1) is 0 Å². The van der Waals surface area contributed by atoms with Crippen molar-refractivity contribution in [3.63, 3.8) is 0 Å². The van der Waals surface area contributed by atoms with Gasteiger partial charge >= 0.3 is 0 Å². The molecule has 0 bridgehead atoms. The summed E-state index contributed by atoms with van der Waals surface area (Å²) in [6, 6.07) is 11.1. The zero-order valence-corrected chi connectivity index (χ0v) is 15.5. The van der Waals surface area contributed by atoms with Crippen LogP contribution in [0.5, 0.6) is 0 Å². The summed E-state index contributed by atoms with van der Waals surface area (Å²) < 4.78 is 0. The molecule has 6 heteroatoms. The quantitative estimate of drug-likeness (QED) is 0.473. The Morgan fingerprint density at radius 2 is 1.65 bits per heavy atom. The monoisotopic (exact) mass is 369 g/mol. The number of anilines is 2. The van der Waals surface area contributed by atoms with Crippen LogP contribution in [-0.4, -0.2) is 31.9 Å². The van der Waals surface area contributed by atoms with Gasteiger partial charge < -0.3 is 9.80 Å². The van der Waals surface area contributed by atoms with Gasteiger partial charge in [-0.1, -0.05) is 34.8 Å². The second kappa shape index (κ2) is 7.91. The maximum atomic E-state index is 6.41. The summed E-state index contributed by atoms with van der Waals surface area (Å²) in [5.41, 5.74) is 2.42. The molecule has 2 aromatic rings. The van der Waals surface area contributed by atoms with E-state index >= 15 is 0 Å². The van der Waals surface area contributed by atoms with Crippen LogP contribution in [0.1, 0.15) is 6.92 Å². The summed E-state index contributed by atoms with van der Waals surface area (Å²) in [7, 11) is 3.87. The van der Waals surface area contributed by atoms with E-state index in [0.29, 0.717) is 20.8 Å². The molecule has 3 nitrogen and oxygen atoms in total. The van der Waals surface area contributed by atoms with Crippen molar-refractivity contribution < 1.29 is 0 Å². The Bertz CT molecular complexity index is 699. The SMILES string of the molecule is CCN(C)C=Nc1cc(Cl)c(N(C)c2ccc(Cl)cc2)cc1Cl. The highest BCUT2D eigenvalue weighted by Gasteiger charge is 2.12. The van der Waals surface area contributed by atoms with Crippen LogP contribution in [0.2, 0.25) is 15.1 Å². The van der Waals surface area contributed by atoms with Crippen LogP contribution in [0.4, 0.5) is 17.1 Å². The van der Waals surface area contributed by atoms with Crippen molar-refractivity contribution in [3.05, 3.63) is 51.5 Å². The fraction of sp³-hybridized carbons (Fsp3) is 0.235. The Labute approximate surface area is 152 Å². The van der Waals surface area contributed by atoms with E-state index in [0.717, 1.165) is 17.9 Å². The van der Waals surface area contributed by atoms with Crippen LogP contribution in [-0.2, 0) is 0 Å². The normalized spacial score (nSPS) is 11.0. The van der Waals surface area contributed by atoms with Gasteiger partial charge in [0.25, 0.3) is 0 Å². The first kappa shape index (κ1) is 17.9. The van der Waals surface area contributed by atoms with Crippen molar-refractivity contribution in [1.82, 2.24) is 4.90 Å². The molecule has 2 rings (SSSR count). The van der Waals surface area contributed by atoms with E-state index in [9.17, 15) is 0 Å². The smallest absolute Gasteiger partial charge is 0.0910 e. The third-order valence-electron chi connectivity index (χ3n) is 3.48. The van der Waals surface area contributed by atoms with E-state index in [1.165, 1.54) is 0 Å². The van der Waals surface area contributed by atoms with Gasteiger partial charge in [-0.05, 0) is 43.3 Å². The predicted octanol–water partition coefficient (Wildman–Crippen LogP) is 6.03. The molecule has 0 aliphatic rings. The number of hydrogen-bond acceptors (Lipinski definition) is 2. The first-order chi connectivity index (χ1) is 10.9. The number of hydrogen-bond donors (Lipinski definition) is 0. The van der Waals surface area contributed by atoms with Gasteiger partial charge in [0.05, 0.1) is 27.8 Å². The van der Waals surface area contributed by atoms with Gasteiger partial charge in [-0.2, -0.15) is 0 Å². The highest BCUT2D eigenvalue weighted by molar-refractivity contribution is 6.37. The molecule has 0 aliphatic heterocycles. The summed E-state index contributed by atoms with van der Waals surface area (Å²) in [5, 5.41) is 1.82. The third kappa shape index (κ3) is 4.54. The molecule has 0 aromatic heterocycles. The largest absolute Gasteiger partial charge is 0.366 e. The lowest BCUT2D eigenvalue weighted by Crippen LogP contribution is -2.14. The maximum Gasteiger partial charge on any atom is 0.0910 e. The minimum atomic E-state index is 0.547. The standard InChI is InChI=1S/C17H18Cl3N3/c1-4-22(2)11-21-16-9-15(20)17(10-14(16)19)23(3)13-7-5-12(18)6-8-13/h5-11H,4H2,1-3H3. The second-order valence-corrected chi connectivity index (χ2v) is 6.36. The fourth-order valence-electron chi connectivity index (χ4n) is 1.93. The van der Waals surface area contributed by atoms with Crippen LogP contribution in [0.25, 0.3) is 0 Å². The zero-order chi connectivity index (χ0) is 17.0. The molecular weight excluding hydrogens is 353 g/mol. The van der Waals surface area contributed by atoms with Gasteiger partial charge in [0.2, 0.25) is 0 Å². The Balaban J connectivity index is 2.32. The van der Waals surface area contributed by atoms with Gasteiger partial charge in [-0.25, -0.2) is 4.99 Å². The van der Waals surface area contributed by atoms with Crippen molar-refractivity contribution in [3.8, 4) is 0 Å². The number of nitrogens with zero attached hydrogens (tertiary/aromatic N) is 3. The molecule has 0 fully saturated rings. The summed E-state index contributed by atoms with van der Waals surface area (Å²) in [6.45, 7) is 2.91. The van der Waals surface area contributed by atoms with E-state index in [1.807, 2.05) is 61.2 Å². The summed E-state index contributed by atoms with van der Waals surface area (Å²) >= 11 is 18.7. The highest BCUT2D eigenvalue weighted by atomic mass is 35.5. The Morgan fingerprint density at radius 3 is 2.26 bits per heavy atom. The first-order valence-corrected chi connectivity index (χ1v) is 8.28. The van der Waals surface area contributed by atoms with Crippen LogP contribution < -0.4 is 4.90 Å². The summed E-state index contributed by atoms with van der Waals surface area (Å²) in [6.07, 6.45) is 1.74. The topological polar surface area (TPSA) is 18.8 Å². The molecule has 0 heterocycles.